The highest BCUT2D eigenvalue weighted by Crippen LogP contribution is 2.28. The smallest absolute Gasteiger partial charge is 0.306 e. The number of nitrogens with one attached hydrogen (secondary N) is 1. The van der Waals surface area contributed by atoms with E-state index in [1.54, 1.807) is 18.2 Å². The van der Waals surface area contributed by atoms with Crippen molar-refractivity contribution in [2.24, 2.45) is 0 Å². The van der Waals surface area contributed by atoms with Crippen LogP contribution in [0.25, 0.3) is 0 Å². The summed E-state index contributed by atoms with van der Waals surface area (Å²) < 4.78 is 16.0. The molecule has 0 unspecified atom stereocenters. The van der Waals surface area contributed by atoms with Crippen molar-refractivity contribution in [3.8, 4) is 11.5 Å². The molecule has 2 rings (SSSR count). The number of aryl methyl sites for hydroxylation is 1. The lowest BCUT2D eigenvalue weighted by molar-refractivity contribution is -0.153. The lowest BCUT2D eigenvalue weighted by Crippen LogP contribution is -2.30. The van der Waals surface area contributed by atoms with Gasteiger partial charge in [0, 0.05) is 11.4 Å². The quantitative estimate of drug-likeness (QED) is 0.631. The number of carbonyl (C=O) groups excluding carboxylic acids is 2. The van der Waals surface area contributed by atoms with Crippen LogP contribution in [0.4, 0.5) is 5.69 Å². The molecule has 1 atom stereocenters. The van der Waals surface area contributed by atoms with Crippen LogP contribution in [0.1, 0.15) is 25.8 Å². The second-order valence-electron chi connectivity index (χ2n) is 6.01. The summed E-state index contributed by atoms with van der Waals surface area (Å²) in [5, 5.41) is 3.11. The minimum atomic E-state index is -0.960. The van der Waals surface area contributed by atoms with Crippen LogP contribution in [0.3, 0.4) is 0 Å². The Morgan fingerprint density at radius 1 is 1.14 bits per heavy atom. The summed E-state index contributed by atoms with van der Waals surface area (Å²) in [4.78, 5) is 24.5. The number of hydrogen-bond acceptors (Lipinski definition) is 5. The van der Waals surface area contributed by atoms with Gasteiger partial charge < -0.3 is 19.5 Å². The number of methoxy groups -OCH3 is 1. The summed E-state index contributed by atoms with van der Waals surface area (Å²) in [5.41, 5.74) is 1.33. The van der Waals surface area contributed by atoms with Gasteiger partial charge in [-0.1, -0.05) is 29.8 Å². The molecule has 0 aliphatic carbocycles. The van der Waals surface area contributed by atoms with Crippen LogP contribution in [0.5, 0.6) is 11.5 Å². The molecule has 0 saturated heterocycles. The molecule has 0 aliphatic heterocycles. The third-order valence-corrected chi connectivity index (χ3v) is 4.20. The zero-order chi connectivity index (χ0) is 20.5. The first-order valence-corrected chi connectivity index (χ1v) is 9.37. The number of para-hydroxylation sites is 1. The van der Waals surface area contributed by atoms with Gasteiger partial charge in [-0.25, -0.2) is 0 Å². The molecule has 6 nitrogen and oxygen atoms in total. The van der Waals surface area contributed by atoms with Crippen molar-refractivity contribution in [2.75, 3.05) is 19.0 Å². The van der Waals surface area contributed by atoms with Crippen LogP contribution >= 0.6 is 11.6 Å². The maximum absolute atomic E-state index is 12.3. The van der Waals surface area contributed by atoms with Crippen molar-refractivity contribution in [2.45, 2.75) is 32.8 Å². The molecule has 28 heavy (non-hydrogen) atoms. The highest BCUT2D eigenvalue weighted by atomic mass is 35.5. The van der Waals surface area contributed by atoms with E-state index in [9.17, 15) is 9.59 Å². The number of carbonyl (C=O) groups is 2. The van der Waals surface area contributed by atoms with E-state index in [4.69, 9.17) is 25.8 Å². The first kappa shape index (κ1) is 21.6. The third-order valence-electron chi connectivity index (χ3n) is 3.97. The summed E-state index contributed by atoms with van der Waals surface area (Å²) in [7, 11) is 1.49. The first-order valence-electron chi connectivity index (χ1n) is 8.99. The van der Waals surface area contributed by atoms with E-state index >= 15 is 0 Å². The topological polar surface area (TPSA) is 73.9 Å². The summed E-state index contributed by atoms with van der Waals surface area (Å²) in [6, 6.07) is 12.4. The average molecular weight is 406 g/mol. The summed E-state index contributed by atoms with van der Waals surface area (Å²) >= 11 is 5.95. The van der Waals surface area contributed by atoms with E-state index in [0.717, 1.165) is 11.3 Å². The van der Waals surface area contributed by atoms with Crippen LogP contribution in [-0.2, 0) is 20.7 Å². The fourth-order valence-electron chi connectivity index (χ4n) is 2.57. The maximum Gasteiger partial charge on any atom is 0.306 e. The van der Waals surface area contributed by atoms with E-state index in [2.05, 4.69) is 5.32 Å². The molecule has 1 amide bonds. The Bertz CT molecular complexity index is 824. The van der Waals surface area contributed by atoms with Crippen LogP contribution in [-0.4, -0.2) is 31.7 Å². The highest BCUT2D eigenvalue weighted by Gasteiger charge is 2.19. The van der Waals surface area contributed by atoms with Gasteiger partial charge in [0.15, 0.2) is 6.10 Å². The molecule has 0 radical (unpaired) electrons. The maximum atomic E-state index is 12.3. The molecular weight excluding hydrogens is 382 g/mol. The molecule has 0 saturated carbocycles. The molecule has 0 bridgehead atoms. The molecule has 1 N–H and O–H groups in total. The third kappa shape index (κ3) is 6.16. The lowest BCUT2D eigenvalue weighted by atomic mass is 10.1. The summed E-state index contributed by atoms with van der Waals surface area (Å²) in [5.74, 6) is 0.274. The fraction of sp³-hybridized carbons (Fsp3) is 0.333. The van der Waals surface area contributed by atoms with Crippen LogP contribution < -0.4 is 14.8 Å². The van der Waals surface area contributed by atoms with Gasteiger partial charge in [0.05, 0.1) is 19.4 Å². The van der Waals surface area contributed by atoms with Crippen molar-refractivity contribution >= 4 is 29.2 Å². The Labute approximate surface area is 169 Å². The Kier molecular flexibility index (Phi) is 8.14. The molecule has 2 aromatic carbocycles. The van der Waals surface area contributed by atoms with Crippen LogP contribution in [0.15, 0.2) is 42.5 Å². The van der Waals surface area contributed by atoms with Gasteiger partial charge >= 0.3 is 5.97 Å². The summed E-state index contributed by atoms with van der Waals surface area (Å²) in [6.45, 7) is 3.96. The minimum Gasteiger partial charge on any atom is -0.495 e. The fourth-order valence-corrected chi connectivity index (χ4v) is 2.74. The molecule has 0 aliphatic rings. The monoisotopic (exact) mass is 405 g/mol. The van der Waals surface area contributed by atoms with Crippen LogP contribution in [0.2, 0.25) is 5.02 Å². The van der Waals surface area contributed by atoms with Gasteiger partial charge in [-0.2, -0.15) is 0 Å². The van der Waals surface area contributed by atoms with Gasteiger partial charge in [0.25, 0.3) is 5.91 Å². The minimum absolute atomic E-state index is 0.141. The van der Waals surface area contributed by atoms with E-state index in [1.165, 1.54) is 14.0 Å². The Balaban J connectivity index is 1.90. The van der Waals surface area contributed by atoms with Crippen molar-refractivity contribution in [1.29, 1.82) is 0 Å². The van der Waals surface area contributed by atoms with E-state index in [1.807, 2.05) is 31.2 Å². The van der Waals surface area contributed by atoms with Gasteiger partial charge in [0.2, 0.25) is 0 Å². The number of ether oxygens (including phenoxy) is 3. The summed E-state index contributed by atoms with van der Waals surface area (Å²) in [6.07, 6.45) is -0.355. The predicted molar refractivity (Wildman–Crippen MR) is 108 cm³/mol. The number of benzene rings is 2. The molecule has 0 aromatic heterocycles. The zero-order valence-electron chi connectivity index (χ0n) is 16.2. The molecule has 2 aromatic rings. The van der Waals surface area contributed by atoms with Gasteiger partial charge in [-0.05, 0) is 50.1 Å². The standard InChI is InChI=1S/C21H24ClNO5/c1-4-27-18-8-6-5-7-15(18)9-12-20(24)28-14(2)21(25)23-17-13-16(22)10-11-19(17)26-3/h5-8,10-11,13-14H,4,9,12H2,1-3H3,(H,23,25)/t14-/m1/s1. The second-order valence-corrected chi connectivity index (χ2v) is 6.44. The number of amides is 1. The first-order chi connectivity index (χ1) is 13.4. The number of hydrogen-bond donors (Lipinski definition) is 1. The van der Waals surface area contributed by atoms with E-state index in [0.29, 0.717) is 29.5 Å². The normalized spacial score (nSPS) is 11.4. The van der Waals surface area contributed by atoms with Crippen molar-refractivity contribution in [3.05, 3.63) is 53.1 Å². The largest absolute Gasteiger partial charge is 0.495 e. The van der Waals surface area contributed by atoms with E-state index in [-0.39, 0.29) is 6.42 Å². The number of rotatable bonds is 9. The Morgan fingerprint density at radius 2 is 1.89 bits per heavy atom. The SMILES string of the molecule is CCOc1ccccc1CCC(=O)O[C@H](C)C(=O)Nc1cc(Cl)ccc1OC. The zero-order valence-corrected chi connectivity index (χ0v) is 16.9. The Morgan fingerprint density at radius 3 is 2.61 bits per heavy atom. The van der Waals surface area contributed by atoms with Crippen molar-refractivity contribution in [1.82, 2.24) is 0 Å². The van der Waals surface area contributed by atoms with Crippen molar-refractivity contribution in [3.63, 3.8) is 0 Å². The molecule has 0 heterocycles. The van der Waals surface area contributed by atoms with Gasteiger partial charge in [-0.3, -0.25) is 9.59 Å². The molecule has 150 valence electrons. The average Bonchev–Trinajstić information content (AvgIpc) is 2.67. The highest BCUT2D eigenvalue weighted by molar-refractivity contribution is 6.31. The van der Waals surface area contributed by atoms with E-state index < -0.39 is 18.0 Å². The number of anilines is 1. The second kappa shape index (κ2) is 10.6. The molecule has 7 heteroatoms. The molecular formula is C21H24ClNO5. The van der Waals surface area contributed by atoms with Crippen molar-refractivity contribution < 1.29 is 23.8 Å². The van der Waals surface area contributed by atoms with Gasteiger partial charge in [0.1, 0.15) is 11.5 Å². The number of esters is 1. The molecule has 0 fully saturated rings. The number of halogens is 1. The van der Waals surface area contributed by atoms with Gasteiger partial charge in [-0.15, -0.1) is 0 Å². The Hall–Kier alpha value is -2.73. The van der Waals surface area contributed by atoms with Crippen LogP contribution in [0, 0.1) is 0 Å². The lowest BCUT2D eigenvalue weighted by Gasteiger charge is -2.16. The molecule has 0 spiro atoms. The predicted octanol–water partition coefficient (Wildman–Crippen LogP) is 4.25.